The van der Waals surface area contributed by atoms with Crippen molar-refractivity contribution < 1.29 is 68.0 Å². The number of rotatable bonds is 11. The van der Waals surface area contributed by atoms with Gasteiger partial charge in [0.25, 0.3) is 0 Å². The number of anilines is 1. The molecule has 0 fully saturated rings. The fourth-order valence-corrected chi connectivity index (χ4v) is 11.7. The van der Waals surface area contributed by atoms with Gasteiger partial charge in [-0.15, -0.1) is 6.61 Å². The number of nitrogens with zero attached hydrogens (tertiary/aromatic N) is 9. The number of Topliss-reactive ketones (excluding diaryl/α,β-unsaturated/α-hetero) is 1. The number of esters is 2. The van der Waals surface area contributed by atoms with E-state index in [4.69, 9.17) is 24.7 Å². The summed E-state index contributed by atoms with van der Waals surface area (Å²) in [5.41, 5.74) is 19.5. The van der Waals surface area contributed by atoms with Gasteiger partial charge in [-0.3, -0.25) is 14.0 Å². The molecule has 1 aliphatic heterocycles. The average molecular weight is 1610 g/mol. The molecule has 8 aromatic heterocycles. The van der Waals surface area contributed by atoms with Crippen LogP contribution >= 0.6 is 79.6 Å². The Morgan fingerprint density at radius 3 is 1.47 bits per heavy atom. The van der Waals surface area contributed by atoms with E-state index in [0.717, 1.165) is 96.0 Å². The van der Waals surface area contributed by atoms with Crippen molar-refractivity contribution in [3.63, 3.8) is 0 Å². The van der Waals surface area contributed by atoms with Crippen molar-refractivity contribution in [3.8, 4) is 11.5 Å². The van der Waals surface area contributed by atoms with Crippen LogP contribution in [0.15, 0.2) is 162 Å². The van der Waals surface area contributed by atoms with Crippen LogP contribution in [-0.2, 0) is 40.6 Å². The Hall–Kier alpha value is -6.54. The number of imidazole rings is 4. The van der Waals surface area contributed by atoms with E-state index < -0.39 is 0 Å². The maximum Gasteiger partial charge on any atom is 1.00 e. The van der Waals surface area contributed by atoms with E-state index in [1.165, 1.54) is 5.69 Å². The number of pyridine rings is 4. The number of hydrogen-bond donors (Lipinski definition) is 1. The van der Waals surface area contributed by atoms with Crippen molar-refractivity contribution in [3.05, 3.63) is 236 Å². The van der Waals surface area contributed by atoms with Crippen LogP contribution in [0.2, 0.25) is 0 Å². The van der Waals surface area contributed by atoms with Gasteiger partial charge in [-0.2, -0.15) is 0 Å². The monoisotopic (exact) mass is 1600 g/mol. The number of nitrogens with two attached hydrogens (primary N) is 1. The molecule has 9 heterocycles. The normalized spacial score (nSPS) is 11.8. The minimum absolute atomic E-state index is 0. The van der Waals surface area contributed by atoms with E-state index in [1.807, 2.05) is 174 Å². The van der Waals surface area contributed by atoms with Crippen molar-refractivity contribution in [2.45, 2.75) is 116 Å². The fourth-order valence-electron chi connectivity index (χ4n) is 9.07. The minimum Gasteiger partial charge on any atom is -0.851 e. The predicted molar refractivity (Wildman–Crippen MR) is 381 cm³/mol. The number of benzene rings is 3. The van der Waals surface area contributed by atoms with Crippen LogP contribution in [-0.4, -0.2) is 73.6 Å². The summed E-state index contributed by atoms with van der Waals surface area (Å²) < 4.78 is 34.6. The number of ether oxygens (including phenoxy) is 4. The molecule has 0 saturated heterocycles. The molecule has 1 unspecified atom stereocenters. The summed E-state index contributed by atoms with van der Waals surface area (Å²) in [5, 5.41) is 10.1. The third-order valence-electron chi connectivity index (χ3n) is 14.4. The Morgan fingerprint density at radius 2 is 1.00 bits per heavy atom. The molecule has 1 aliphatic rings. The second kappa shape index (κ2) is 38.3. The smallest absolute Gasteiger partial charge is 0.851 e. The zero-order chi connectivity index (χ0) is 68.1. The standard InChI is InChI=1S/C19H20N2O3.C16H15BrN2O.C12H16N2O3.C9H8Br2N2.C7H7O.C5H4Br2N2.C2H6.Na/c1-4-23-19(22)16-10-17(24-12-15-8-6-5-7-9-15)18-20-13(2)14(3)21(18)11-16;1-11-12(2)19-9-14(17)8-15(16(19)18-11)20-10-13-6-4-3-5-7-13;1-4-17-12(16)9-5-10(15)11-13-7(2)8(3)14(11)6-9;1-5-6(2)13-4-7(10)3-8(11)9(13)12-5;8-6-7-4-2-1-3-5-7;6-3-1-4(7)5(8)9-2-3;1-2;/h5-11H,4,12H2,1-3H3;3-9H,10H2,1-2H3;9H,4-6H2,1-3H3;3-4H,1-2H3;1-5H,6H2;1-2H,(H2,8,9);1-2H3;/q;;;;-1;;;+1. The third-order valence-corrected chi connectivity index (χ3v) is 16.9. The van der Waals surface area contributed by atoms with Crippen LogP contribution in [0.1, 0.15) is 117 Å². The van der Waals surface area contributed by atoms with Gasteiger partial charge in [0.05, 0.1) is 56.4 Å². The van der Waals surface area contributed by atoms with Crippen LogP contribution in [0.5, 0.6) is 11.5 Å². The Labute approximate surface area is 613 Å². The molecule has 24 heteroatoms. The number of carbonyl (C=O) groups is 3. The summed E-state index contributed by atoms with van der Waals surface area (Å²) in [6, 6.07) is 36.8. The summed E-state index contributed by atoms with van der Waals surface area (Å²) in [4.78, 5) is 57.3. The van der Waals surface area contributed by atoms with E-state index in [2.05, 4.69) is 139 Å². The molecule has 0 radical (unpaired) electrons. The molecule has 18 nitrogen and oxygen atoms in total. The molecule has 0 bridgehead atoms. The molecule has 94 heavy (non-hydrogen) atoms. The molecule has 0 amide bonds. The van der Waals surface area contributed by atoms with Gasteiger partial charge in [-0.1, -0.05) is 110 Å². The largest absolute Gasteiger partial charge is 1.00 e. The van der Waals surface area contributed by atoms with Crippen molar-refractivity contribution in [1.29, 1.82) is 0 Å². The number of nitrogen functional groups attached to an aromatic ring is 1. The van der Waals surface area contributed by atoms with Crippen LogP contribution in [0, 0.1) is 61.3 Å². The summed E-state index contributed by atoms with van der Waals surface area (Å²) in [6.45, 7) is 25.4. The molecule has 0 spiro atoms. The summed E-state index contributed by atoms with van der Waals surface area (Å²) in [6.07, 6.45) is 7.64. The number of fused-ring (bicyclic) bond motifs is 4. The fraction of sp³-hybridized carbons (Fsp3) is 0.286. The average Bonchev–Trinajstić information content (AvgIpc) is 1.65. The van der Waals surface area contributed by atoms with E-state index in [1.54, 1.807) is 32.3 Å². The van der Waals surface area contributed by atoms with Crippen molar-refractivity contribution >= 4 is 120 Å². The van der Waals surface area contributed by atoms with E-state index in [9.17, 15) is 19.5 Å². The van der Waals surface area contributed by atoms with Gasteiger partial charge in [-0.25, -0.2) is 29.7 Å². The molecule has 2 N–H and O–H groups in total. The van der Waals surface area contributed by atoms with Crippen molar-refractivity contribution in [2.24, 2.45) is 5.92 Å². The van der Waals surface area contributed by atoms with Crippen molar-refractivity contribution in [1.82, 2.24) is 42.7 Å². The zero-order valence-electron chi connectivity index (χ0n) is 55.1. The van der Waals surface area contributed by atoms with E-state index >= 15 is 0 Å². The number of halogens is 5. The molecule has 1 atom stereocenters. The molecule has 3 aromatic carbocycles. The summed E-state index contributed by atoms with van der Waals surface area (Å²) in [5.74, 6) is 1.23. The maximum atomic E-state index is 12.1. The van der Waals surface area contributed by atoms with Crippen LogP contribution in [0.25, 0.3) is 16.9 Å². The maximum absolute atomic E-state index is 12.1. The molecule has 0 aliphatic carbocycles. The number of carbonyl (C=O) groups excluding carboxylic acids is 3. The van der Waals surface area contributed by atoms with E-state index in [-0.39, 0.29) is 66.2 Å². The SMILES string of the molecule is CC.CCOC(=O)C1CC(=O)c2nc(C)c(C)n2C1.CCOC(=O)c1cc(OCc2ccccc2)c2nc(C)c(C)n2c1.Cc1nc2c(Br)cc(Br)cn2c1C.Cc1nc2c(OCc3ccccc3)cc(Br)cn2c1C.Nc1ncc(Br)cc1Br.[Na+].[O-]Cc1ccccc1. The first-order chi connectivity index (χ1) is 44.5. The second-order valence-electron chi connectivity index (χ2n) is 20.8. The van der Waals surface area contributed by atoms with Gasteiger partial charge in [0.15, 0.2) is 40.0 Å². The third kappa shape index (κ3) is 21.5. The van der Waals surface area contributed by atoms with E-state index in [0.29, 0.717) is 61.6 Å². The first kappa shape index (κ1) is 78.2. The predicted octanol–water partition coefficient (Wildman–Crippen LogP) is 13.5. The minimum atomic E-state index is -0.373. The van der Waals surface area contributed by atoms with Crippen LogP contribution < -0.4 is 49.9 Å². The van der Waals surface area contributed by atoms with Crippen LogP contribution in [0.4, 0.5) is 5.82 Å². The Morgan fingerprint density at radius 1 is 0.564 bits per heavy atom. The molecule has 11 aromatic rings. The summed E-state index contributed by atoms with van der Waals surface area (Å²) >= 11 is 16.9. The molecule has 12 rings (SSSR count). The van der Waals surface area contributed by atoms with Gasteiger partial charge < -0.3 is 43.2 Å². The molecular formula is C70H76Br5N10NaO8. The Bertz CT molecular complexity index is 4300. The summed E-state index contributed by atoms with van der Waals surface area (Å²) in [7, 11) is 0. The van der Waals surface area contributed by atoms with Gasteiger partial charge in [0, 0.05) is 80.0 Å². The van der Waals surface area contributed by atoms with Gasteiger partial charge in [0.1, 0.15) is 19.0 Å². The first-order valence-corrected chi connectivity index (χ1v) is 33.9. The second-order valence-corrected chi connectivity index (χ2v) is 25.2. The zero-order valence-corrected chi connectivity index (χ0v) is 65.0. The molecule has 0 saturated carbocycles. The number of hydrogen-bond acceptors (Lipinski definition) is 14. The Balaban J connectivity index is 0.000000210. The van der Waals surface area contributed by atoms with Gasteiger partial charge >= 0.3 is 41.5 Å². The molecule has 490 valence electrons. The van der Waals surface area contributed by atoms with Gasteiger partial charge in [-0.05, 0) is 178 Å². The van der Waals surface area contributed by atoms with Crippen LogP contribution in [0.3, 0.4) is 0 Å². The topological polar surface area (TPSA) is 220 Å². The number of aromatic nitrogens is 9. The molecular weight excluding hydrogens is 1530 g/mol. The van der Waals surface area contributed by atoms with Gasteiger partial charge in [0.2, 0.25) is 0 Å². The number of ketones is 1. The first-order valence-electron chi connectivity index (χ1n) is 29.9. The number of aryl methyl sites for hydroxylation is 7. The van der Waals surface area contributed by atoms with Crippen molar-refractivity contribution in [2.75, 3.05) is 18.9 Å². The quantitative estimate of drug-likeness (QED) is 0.0941. The Kier molecular flexibility index (Phi) is 31.8.